The minimum absolute atomic E-state index is 0.0411. The van der Waals surface area contributed by atoms with Crippen LogP contribution >= 0.6 is 0 Å². The van der Waals surface area contributed by atoms with E-state index in [1.807, 2.05) is 0 Å². The van der Waals surface area contributed by atoms with E-state index in [4.69, 9.17) is 4.74 Å². The molecule has 0 saturated carbocycles. The topological polar surface area (TPSA) is 61.8 Å². The molecule has 2 aromatic rings. The number of ether oxygens (including phenoxy) is 1. The molecule has 1 aliphatic rings. The third-order valence-electron chi connectivity index (χ3n) is 4.95. The van der Waals surface area contributed by atoms with Gasteiger partial charge in [0.25, 0.3) is 5.91 Å². The summed E-state index contributed by atoms with van der Waals surface area (Å²) < 4.78 is 32.5. The maximum absolute atomic E-state index is 14.1. The van der Waals surface area contributed by atoms with Crippen LogP contribution in [0.25, 0.3) is 0 Å². The highest BCUT2D eigenvalue weighted by Gasteiger charge is 2.41. The highest BCUT2D eigenvalue weighted by molar-refractivity contribution is 5.86. The van der Waals surface area contributed by atoms with Crippen molar-refractivity contribution in [3.05, 3.63) is 65.2 Å². The Labute approximate surface area is 162 Å². The van der Waals surface area contributed by atoms with Gasteiger partial charge in [0.1, 0.15) is 17.4 Å². The highest BCUT2D eigenvalue weighted by atomic mass is 19.1. The van der Waals surface area contributed by atoms with Crippen molar-refractivity contribution in [1.29, 1.82) is 0 Å². The number of nitrogens with zero attached hydrogens (tertiary/aromatic N) is 1. The lowest BCUT2D eigenvalue weighted by molar-refractivity contribution is -0.157. The quantitative estimate of drug-likeness (QED) is 0.763. The molecule has 1 heterocycles. The lowest BCUT2D eigenvalue weighted by atomic mass is 9.91. The molecule has 1 saturated heterocycles. The van der Waals surface area contributed by atoms with Crippen molar-refractivity contribution in [1.82, 2.24) is 10.2 Å². The number of aliphatic hydroxyl groups is 1. The lowest BCUT2D eigenvalue weighted by Gasteiger charge is -2.38. The summed E-state index contributed by atoms with van der Waals surface area (Å²) in [6.45, 7) is 0.882. The molecule has 1 unspecified atom stereocenters. The summed E-state index contributed by atoms with van der Waals surface area (Å²) in [5.41, 5.74) is -0.507. The number of hydrogen-bond donors (Lipinski definition) is 2. The van der Waals surface area contributed by atoms with Gasteiger partial charge in [-0.15, -0.1) is 0 Å². The fourth-order valence-electron chi connectivity index (χ4n) is 3.45. The zero-order chi connectivity index (χ0) is 20.1. The first-order valence-corrected chi connectivity index (χ1v) is 9.20. The van der Waals surface area contributed by atoms with Gasteiger partial charge in [-0.2, -0.15) is 0 Å². The Morgan fingerprint density at radius 2 is 2.07 bits per heavy atom. The van der Waals surface area contributed by atoms with E-state index in [1.54, 1.807) is 18.2 Å². The zero-order valence-corrected chi connectivity index (χ0v) is 15.8. The van der Waals surface area contributed by atoms with Crippen LogP contribution in [-0.2, 0) is 17.9 Å². The largest absolute Gasteiger partial charge is 0.497 e. The molecule has 28 heavy (non-hydrogen) atoms. The Balaban J connectivity index is 1.64. The van der Waals surface area contributed by atoms with E-state index in [1.165, 1.54) is 36.3 Å². The van der Waals surface area contributed by atoms with Crippen LogP contribution < -0.4 is 10.1 Å². The van der Waals surface area contributed by atoms with Gasteiger partial charge in [0.05, 0.1) is 7.11 Å². The van der Waals surface area contributed by atoms with E-state index >= 15 is 0 Å². The third kappa shape index (κ3) is 4.66. The van der Waals surface area contributed by atoms with Gasteiger partial charge >= 0.3 is 0 Å². The van der Waals surface area contributed by atoms with E-state index < -0.39 is 17.3 Å². The van der Waals surface area contributed by atoms with Gasteiger partial charge in [-0.1, -0.05) is 12.1 Å². The molecule has 2 aromatic carbocycles. The first-order chi connectivity index (χ1) is 13.4. The fraction of sp³-hybridized carbons (Fsp3) is 0.381. The number of benzene rings is 2. The number of piperidine rings is 1. The third-order valence-corrected chi connectivity index (χ3v) is 4.95. The molecule has 5 nitrogen and oxygen atoms in total. The summed E-state index contributed by atoms with van der Waals surface area (Å²) >= 11 is 0. The molecule has 150 valence electrons. The summed E-state index contributed by atoms with van der Waals surface area (Å²) in [6, 6.07) is 10.5. The molecule has 0 aliphatic carbocycles. The predicted molar refractivity (Wildman–Crippen MR) is 101 cm³/mol. The number of rotatable bonds is 7. The number of likely N-dealkylation sites (tertiary alicyclic amines) is 1. The van der Waals surface area contributed by atoms with Gasteiger partial charge in [-0.05, 0) is 48.7 Å². The summed E-state index contributed by atoms with van der Waals surface area (Å²) in [6.07, 6.45) is 0.925. The van der Waals surface area contributed by atoms with E-state index in [-0.39, 0.29) is 18.9 Å². The van der Waals surface area contributed by atoms with E-state index in [2.05, 4.69) is 5.32 Å². The number of amides is 1. The van der Waals surface area contributed by atoms with Crippen LogP contribution in [0.3, 0.4) is 0 Å². The number of carbonyl (C=O) groups excluding carboxylic acids is 1. The van der Waals surface area contributed by atoms with Gasteiger partial charge in [-0.25, -0.2) is 8.78 Å². The van der Waals surface area contributed by atoms with Crippen LogP contribution in [0.5, 0.6) is 5.75 Å². The molecule has 1 aliphatic heterocycles. The number of methoxy groups -OCH3 is 1. The number of carbonyl (C=O) groups is 1. The SMILES string of the molecule is COc1ccc(F)c(CN2CCCC(O)(CNCc3cccc(F)c3)C2=O)c1. The smallest absolute Gasteiger partial charge is 0.256 e. The van der Waals surface area contributed by atoms with Gasteiger partial charge in [0.15, 0.2) is 5.60 Å². The predicted octanol–water partition coefficient (Wildman–Crippen LogP) is 2.62. The average molecular weight is 390 g/mol. The minimum atomic E-state index is -1.57. The van der Waals surface area contributed by atoms with Gasteiger partial charge < -0.3 is 20.1 Å². The minimum Gasteiger partial charge on any atom is -0.497 e. The van der Waals surface area contributed by atoms with E-state index in [0.29, 0.717) is 37.2 Å². The standard InChI is InChI=1S/C21H24F2N2O3/c1-28-18-6-7-19(23)16(11-18)13-25-9-3-8-21(27,20(25)26)14-24-12-15-4-2-5-17(22)10-15/h2,4-7,10-11,24,27H,3,8-9,12-14H2,1H3. The first-order valence-electron chi connectivity index (χ1n) is 9.20. The maximum Gasteiger partial charge on any atom is 0.256 e. The fourth-order valence-corrected chi connectivity index (χ4v) is 3.45. The summed E-state index contributed by atoms with van der Waals surface area (Å²) in [4.78, 5) is 14.3. The average Bonchev–Trinajstić information content (AvgIpc) is 2.67. The molecule has 1 atom stereocenters. The first kappa shape index (κ1) is 20.2. The van der Waals surface area contributed by atoms with Gasteiger partial charge in [-0.3, -0.25) is 4.79 Å². The van der Waals surface area contributed by atoms with E-state index in [0.717, 1.165) is 5.56 Å². The van der Waals surface area contributed by atoms with Crippen molar-refractivity contribution in [2.45, 2.75) is 31.5 Å². The second-order valence-corrected chi connectivity index (χ2v) is 7.05. The van der Waals surface area contributed by atoms with Crippen LogP contribution in [0.2, 0.25) is 0 Å². The highest BCUT2D eigenvalue weighted by Crippen LogP contribution is 2.26. The molecular formula is C21H24F2N2O3. The van der Waals surface area contributed by atoms with Gasteiger partial charge in [0.2, 0.25) is 0 Å². The molecule has 2 N–H and O–H groups in total. The van der Waals surface area contributed by atoms with Crippen molar-refractivity contribution < 1.29 is 23.4 Å². The molecule has 0 spiro atoms. The Bertz CT molecular complexity index is 846. The lowest BCUT2D eigenvalue weighted by Crippen LogP contribution is -2.57. The molecule has 0 radical (unpaired) electrons. The summed E-state index contributed by atoms with van der Waals surface area (Å²) in [7, 11) is 1.49. The van der Waals surface area contributed by atoms with Crippen molar-refractivity contribution >= 4 is 5.91 Å². The molecule has 7 heteroatoms. The van der Waals surface area contributed by atoms with Crippen LogP contribution in [0.15, 0.2) is 42.5 Å². The summed E-state index contributed by atoms with van der Waals surface area (Å²) in [5.74, 6) is -0.689. The number of nitrogens with one attached hydrogen (secondary N) is 1. The van der Waals surface area contributed by atoms with Crippen LogP contribution in [-0.4, -0.2) is 41.7 Å². The molecule has 0 bridgehead atoms. The Hall–Kier alpha value is -2.51. The molecule has 0 aromatic heterocycles. The number of halogens is 2. The van der Waals surface area contributed by atoms with Crippen LogP contribution in [0.1, 0.15) is 24.0 Å². The summed E-state index contributed by atoms with van der Waals surface area (Å²) in [5, 5.41) is 13.9. The molecule has 1 fully saturated rings. The monoisotopic (exact) mass is 390 g/mol. The second-order valence-electron chi connectivity index (χ2n) is 7.05. The molecule has 3 rings (SSSR count). The maximum atomic E-state index is 14.1. The zero-order valence-electron chi connectivity index (χ0n) is 15.8. The van der Waals surface area contributed by atoms with Crippen molar-refractivity contribution in [3.8, 4) is 5.75 Å². The van der Waals surface area contributed by atoms with Crippen molar-refractivity contribution in [2.24, 2.45) is 0 Å². The molecular weight excluding hydrogens is 366 g/mol. The van der Waals surface area contributed by atoms with Crippen molar-refractivity contribution in [3.63, 3.8) is 0 Å². The molecule has 1 amide bonds. The Kier molecular flexibility index (Phi) is 6.26. The van der Waals surface area contributed by atoms with E-state index in [9.17, 15) is 18.7 Å². The second kappa shape index (κ2) is 8.67. The van der Waals surface area contributed by atoms with Gasteiger partial charge in [0, 0.05) is 31.7 Å². The Morgan fingerprint density at radius 1 is 1.25 bits per heavy atom. The normalized spacial score (nSPS) is 19.7. The van der Waals surface area contributed by atoms with Crippen LogP contribution in [0, 0.1) is 11.6 Å². The van der Waals surface area contributed by atoms with Crippen molar-refractivity contribution in [2.75, 3.05) is 20.2 Å². The van der Waals surface area contributed by atoms with Crippen LogP contribution in [0.4, 0.5) is 8.78 Å². The Morgan fingerprint density at radius 3 is 2.82 bits per heavy atom. The number of hydrogen-bond acceptors (Lipinski definition) is 4.